The number of amides is 1. The van der Waals surface area contributed by atoms with Crippen LogP contribution >= 0.6 is 0 Å². The Morgan fingerprint density at radius 2 is 2.00 bits per heavy atom. The van der Waals surface area contributed by atoms with E-state index < -0.39 is 5.60 Å². The molecule has 146 valence electrons. The third-order valence-electron chi connectivity index (χ3n) is 6.20. The number of piperidine rings is 1. The Balaban J connectivity index is 1.39. The van der Waals surface area contributed by atoms with Crippen LogP contribution in [0, 0.1) is 5.92 Å². The van der Waals surface area contributed by atoms with E-state index in [2.05, 4.69) is 16.9 Å². The Hall–Kier alpha value is -2.02. The van der Waals surface area contributed by atoms with Gasteiger partial charge >= 0.3 is 5.97 Å². The molecule has 1 aromatic rings. The molecule has 1 amide bonds. The highest BCUT2D eigenvalue weighted by Gasteiger charge is 2.47. The fourth-order valence-electron chi connectivity index (χ4n) is 4.45. The highest BCUT2D eigenvalue weighted by molar-refractivity contribution is 5.87. The van der Waals surface area contributed by atoms with E-state index in [1.165, 1.54) is 11.3 Å². The van der Waals surface area contributed by atoms with Crippen molar-refractivity contribution in [1.29, 1.82) is 0 Å². The number of hydrogen-bond donors (Lipinski definition) is 0. The molecule has 4 heterocycles. The standard InChI is InChI=1S/C20H28N4O3/c1-20(2)15(10-17(25)27-20)19(26)24-8-4-13(5-9-24)18-21-11-14-12-23(3)7-6-16(14)22-18/h11,13,15H,4-10,12H2,1-3H3/t15-/m0/s1. The molecule has 0 saturated carbocycles. The molecule has 0 spiro atoms. The number of rotatable bonds is 2. The second kappa shape index (κ2) is 6.86. The predicted octanol–water partition coefficient (Wildman–Crippen LogP) is 1.51. The molecule has 7 nitrogen and oxygen atoms in total. The Morgan fingerprint density at radius 1 is 1.26 bits per heavy atom. The molecule has 27 heavy (non-hydrogen) atoms. The van der Waals surface area contributed by atoms with Gasteiger partial charge in [-0.2, -0.15) is 0 Å². The van der Waals surface area contributed by atoms with E-state index in [1.807, 2.05) is 24.9 Å². The minimum Gasteiger partial charge on any atom is -0.459 e. The van der Waals surface area contributed by atoms with Crippen LogP contribution in [-0.4, -0.2) is 63.9 Å². The average Bonchev–Trinajstić information content (AvgIpc) is 2.93. The van der Waals surface area contributed by atoms with E-state index in [9.17, 15) is 9.59 Å². The van der Waals surface area contributed by atoms with Crippen molar-refractivity contribution in [1.82, 2.24) is 19.8 Å². The van der Waals surface area contributed by atoms with Crippen molar-refractivity contribution in [3.63, 3.8) is 0 Å². The Morgan fingerprint density at radius 3 is 2.67 bits per heavy atom. The molecule has 0 aromatic carbocycles. The first-order valence-corrected chi connectivity index (χ1v) is 9.87. The SMILES string of the molecule is CN1CCc2nc(C3CCN(C(=O)[C@@H]4CC(=O)OC4(C)C)CC3)ncc2C1. The summed E-state index contributed by atoms with van der Waals surface area (Å²) in [5, 5.41) is 0. The molecule has 1 atom stereocenters. The van der Waals surface area contributed by atoms with Crippen molar-refractivity contribution in [2.45, 2.75) is 57.6 Å². The molecule has 3 aliphatic heterocycles. The quantitative estimate of drug-likeness (QED) is 0.733. The first-order chi connectivity index (χ1) is 12.8. The summed E-state index contributed by atoms with van der Waals surface area (Å²) in [6, 6.07) is 0. The van der Waals surface area contributed by atoms with Crippen LogP contribution in [0.4, 0.5) is 0 Å². The van der Waals surface area contributed by atoms with Crippen molar-refractivity contribution in [2.75, 3.05) is 26.7 Å². The monoisotopic (exact) mass is 372 g/mol. The number of carbonyl (C=O) groups excluding carboxylic acids is 2. The topological polar surface area (TPSA) is 75.6 Å². The van der Waals surface area contributed by atoms with E-state index in [0.717, 1.165) is 38.2 Å². The normalized spacial score (nSPS) is 26.0. The van der Waals surface area contributed by atoms with E-state index in [1.54, 1.807) is 0 Å². The summed E-state index contributed by atoms with van der Waals surface area (Å²) < 4.78 is 5.31. The fraction of sp³-hybridized carbons (Fsp3) is 0.700. The van der Waals surface area contributed by atoms with Crippen LogP contribution in [0.25, 0.3) is 0 Å². The van der Waals surface area contributed by atoms with Crippen LogP contribution in [0.1, 0.15) is 56.1 Å². The maximum atomic E-state index is 12.9. The summed E-state index contributed by atoms with van der Waals surface area (Å²) in [4.78, 5) is 38.1. The van der Waals surface area contributed by atoms with Gasteiger partial charge in [0.15, 0.2) is 0 Å². The fourth-order valence-corrected chi connectivity index (χ4v) is 4.45. The largest absolute Gasteiger partial charge is 0.459 e. The first kappa shape index (κ1) is 18.3. The van der Waals surface area contributed by atoms with Gasteiger partial charge < -0.3 is 14.5 Å². The maximum absolute atomic E-state index is 12.9. The van der Waals surface area contributed by atoms with Crippen LogP contribution in [0.15, 0.2) is 6.20 Å². The van der Waals surface area contributed by atoms with Crippen LogP contribution in [0.3, 0.4) is 0 Å². The van der Waals surface area contributed by atoms with Gasteiger partial charge in [0, 0.05) is 56.0 Å². The summed E-state index contributed by atoms with van der Waals surface area (Å²) >= 11 is 0. The molecular weight excluding hydrogens is 344 g/mol. The van der Waals surface area contributed by atoms with Crippen molar-refractivity contribution in [2.24, 2.45) is 5.92 Å². The van der Waals surface area contributed by atoms with Gasteiger partial charge in [0.2, 0.25) is 5.91 Å². The molecule has 2 fully saturated rings. The molecule has 2 saturated heterocycles. The second-order valence-electron chi connectivity index (χ2n) is 8.62. The molecule has 0 unspecified atom stereocenters. The summed E-state index contributed by atoms with van der Waals surface area (Å²) in [5.41, 5.74) is 1.70. The van der Waals surface area contributed by atoms with Crippen molar-refractivity contribution >= 4 is 11.9 Å². The molecule has 0 N–H and O–H groups in total. The van der Waals surface area contributed by atoms with E-state index in [4.69, 9.17) is 9.72 Å². The van der Waals surface area contributed by atoms with Gasteiger partial charge in [-0.1, -0.05) is 0 Å². The zero-order chi connectivity index (χ0) is 19.2. The number of cyclic esters (lactones) is 1. The highest BCUT2D eigenvalue weighted by Crippen LogP contribution is 2.35. The Labute approximate surface area is 160 Å². The number of ether oxygens (including phenoxy) is 1. The average molecular weight is 372 g/mol. The molecule has 7 heteroatoms. The minimum atomic E-state index is -0.709. The molecular formula is C20H28N4O3. The lowest BCUT2D eigenvalue weighted by atomic mass is 9.88. The van der Waals surface area contributed by atoms with E-state index in [0.29, 0.717) is 19.0 Å². The Kier molecular flexibility index (Phi) is 4.66. The molecule has 0 radical (unpaired) electrons. The molecule has 0 aliphatic carbocycles. The van der Waals surface area contributed by atoms with Gasteiger partial charge in [-0.15, -0.1) is 0 Å². The third kappa shape index (κ3) is 3.57. The maximum Gasteiger partial charge on any atom is 0.307 e. The van der Waals surface area contributed by atoms with Crippen LogP contribution in [0.5, 0.6) is 0 Å². The van der Waals surface area contributed by atoms with Crippen LogP contribution in [-0.2, 0) is 27.3 Å². The molecule has 4 rings (SSSR count). The summed E-state index contributed by atoms with van der Waals surface area (Å²) in [7, 11) is 2.12. The lowest BCUT2D eigenvalue weighted by Gasteiger charge is -2.35. The summed E-state index contributed by atoms with van der Waals surface area (Å²) in [6.07, 6.45) is 4.88. The summed E-state index contributed by atoms with van der Waals surface area (Å²) in [5.74, 6) is 0.608. The number of hydrogen-bond acceptors (Lipinski definition) is 6. The van der Waals surface area contributed by atoms with Gasteiger partial charge in [-0.05, 0) is 33.7 Å². The smallest absolute Gasteiger partial charge is 0.307 e. The van der Waals surface area contributed by atoms with Crippen molar-refractivity contribution in [3.05, 3.63) is 23.3 Å². The number of nitrogens with zero attached hydrogens (tertiary/aromatic N) is 4. The van der Waals surface area contributed by atoms with Gasteiger partial charge in [0.25, 0.3) is 0 Å². The zero-order valence-corrected chi connectivity index (χ0v) is 16.4. The molecule has 0 bridgehead atoms. The number of carbonyl (C=O) groups is 2. The van der Waals surface area contributed by atoms with Crippen molar-refractivity contribution in [3.8, 4) is 0 Å². The summed E-state index contributed by atoms with van der Waals surface area (Å²) in [6.45, 7) is 6.98. The third-order valence-corrected chi connectivity index (χ3v) is 6.20. The van der Waals surface area contributed by atoms with Gasteiger partial charge in [-0.3, -0.25) is 9.59 Å². The van der Waals surface area contributed by atoms with Crippen LogP contribution < -0.4 is 0 Å². The predicted molar refractivity (Wildman–Crippen MR) is 98.9 cm³/mol. The second-order valence-corrected chi connectivity index (χ2v) is 8.62. The lowest BCUT2D eigenvalue weighted by Crippen LogP contribution is -2.46. The minimum absolute atomic E-state index is 0.0405. The number of likely N-dealkylation sites (tertiary alicyclic amines) is 1. The van der Waals surface area contributed by atoms with Crippen LogP contribution in [0.2, 0.25) is 0 Å². The number of esters is 1. The number of fused-ring (bicyclic) bond motifs is 1. The molecule has 1 aromatic heterocycles. The van der Waals surface area contributed by atoms with Crippen molar-refractivity contribution < 1.29 is 14.3 Å². The van der Waals surface area contributed by atoms with Gasteiger partial charge in [0.05, 0.1) is 12.3 Å². The molecule has 3 aliphatic rings. The number of likely N-dealkylation sites (N-methyl/N-ethyl adjacent to an activating group) is 1. The Bertz CT molecular complexity index is 756. The first-order valence-electron chi connectivity index (χ1n) is 9.87. The van der Waals surface area contributed by atoms with E-state index in [-0.39, 0.29) is 24.2 Å². The number of aromatic nitrogens is 2. The zero-order valence-electron chi connectivity index (χ0n) is 16.4. The van der Waals surface area contributed by atoms with Gasteiger partial charge in [0.1, 0.15) is 11.4 Å². The highest BCUT2D eigenvalue weighted by atomic mass is 16.6. The lowest BCUT2D eigenvalue weighted by molar-refractivity contribution is -0.149. The van der Waals surface area contributed by atoms with Gasteiger partial charge in [-0.25, -0.2) is 9.97 Å². The van der Waals surface area contributed by atoms with E-state index >= 15 is 0 Å².